The van der Waals surface area contributed by atoms with Gasteiger partial charge < -0.3 is 14.4 Å². The van der Waals surface area contributed by atoms with E-state index < -0.39 is 10.0 Å². The Morgan fingerprint density at radius 2 is 1.76 bits per heavy atom. The van der Waals surface area contributed by atoms with Crippen LogP contribution in [0.5, 0.6) is 5.75 Å². The zero-order valence-electron chi connectivity index (χ0n) is 18.9. The Morgan fingerprint density at radius 3 is 2.36 bits per heavy atom. The molecule has 2 aromatic rings. The van der Waals surface area contributed by atoms with E-state index in [1.165, 1.54) is 17.7 Å². The molecule has 2 aliphatic heterocycles. The summed E-state index contributed by atoms with van der Waals surface area (Å²) in [5.74, 6) is 0.766. The van der Waals surface area contributed by atoms with E-state index in [4.69, 9.17) is 9.47 Å². The van der Waals surface area contributed by atoms with Crippen LogP contribution >= 0.6 is 0 Å². The summed E-state index contributed by atoms with van der Waals surface area (Å²) >= 11 is 0. The maximum Gasteiger partial charge on any atom is 0.253 e. The summed E-state index contributed by atoms with van der Waals surface area (Å²) in [5, 5.41) is 0. The van der Waals surface area contributed by atoms with Crippen LogP contribution in [0.25, 0.3) is 0 Å². The second kappa shape index (κ2) is 10.6. The molecule has 0 aliphatic carbocycles. The Balaban J connectivity index is 1.28. The summed E-state index contributed by atoms with van der Waals surface area (Å²) in [4.78, 5) is 17.2. The number of nitrogens with zero attached hydrogens (tertiary/aromatic N) is 2. The molecule has 9 heteroatoms. The third-order valence-electron chi connectivity index (χ3n) is 6.16. The van der Waals surface area contributed by atoms with Gasteiger partial charge in [0.15, 0.2) is 0 Å². The molecule has 33 heavy (non-hydrogen) atoms. The lowest BCUT2D eigenvalue weighted by atomic mass is 10.1. The average molecular weight is 474 g/mol. The van der Waals surface area contributed by atoms with Gasteiger partial charge in [0.1, 0.15) is 5.75 Å². The fourth-order valence-corrected chi connectivity index (χ4v) is 5.22. The molecule has 0 unspecified atom stereocenters. The van der Waals surface area contributed by atoms with Crippen LogP contribution in [-0.2, 0) is 21.3 Å². The number of amides is 1. The summed E-state index contributed by atoms with van der Waals surface area (Å²) < 4.78 is 38.3. The Labute approximate surface area is 195 Å². The highest BCUT2D eigenvalue weighted by Crippen LogP contribution is 2.17. The molecule has 0 spiro atoms. The fraction of sp³-hybridized carbons (Fsp3) is 0.458. The van der Waals surface area contributed by atoms with E-state index in [0.29, 0.717) is 25.3 Å². The zero-order chi connectivity index (χ0) is 23.3. The number of benzene rings is 2. The Morgan fingerprint density at radius 1 is 1.06 bits per heavy atom. The van der Waals surface area contributed by atoms with Gasteiger partial charge in [0, 0.05) is 51.4 Å². The SMILES string of the molecule is COc1ccc(CN2CCN(C(=O)c3ccc(S(=O)(=O)NC[C@H]4CCCO4)cc3)CC2)cc1. The number of rotatable bonds is 8. The fourth-order valence-electron chi connectivity index (χ4n) is 4.15. The van der Waals surface area contributed by atoms with E-state index in [9.17, 15) is 13.2 Å². The maximum atomic E-state index is 12.9. The topological polar surface area (TPSA) is 88.2 Å². The molecule has 2 fully saturated rings. The molecule has 2 aliphatic rings. The van der Waals surface area contributed by atoms with Crippen molar-refractivity contribution in [3.8, 4) is 5.75 Å². The molecule has 0 radical (unpaired) electrons. The predicted octanol–water partition coefficient (Wildman–Crippen LogP) is 2.11. The first-order chi connectivity index (χ1) is 15.9. The number of piperazine rings is 1. The maximum absolute atomic E-state index is 12.9. The van der Waals surface area contributed by atoms with Crippen molar-refractivity contribution in [2.75, 3.05) is 46.4 Å². The number of carbonyl (C=O) groups is 1. The Bertz CT molecular complexity index is 1030. The molecule has 1 N–H and O–H groups in total. The number of hydrogen-bond acceptors (Lipinski definition) is 6. The molecule has 4 rings (SSSR count). The number of methoxy groups -OCH3 is 1. The quantitative estimate of drug-likeness (QED) is 0.632. The number of carbonyl (C=O) groups excluding carboxylic acids is 1. The second-order valence-electron chi connectivity index (χ2n) is 8.43. The van der Waals surface area contributed by atoms with Crippen molar-refractivity contribution in [1.29, 1.82) is 0 Å². The van der Waals surface area contributed by atoms with E-state index in [-0.39, 0.29) is 23.5 Å². The first kappa shape index (κ1) is 23.7. The molecular weight excluding hydrogens is 442 g/mol. The highest BCUT2D eigenvalue weighted by molar-refractivity contribution is 7.89. The van der Waals surface area contributed by atoms with Gasteiger partial charge in [0.2, 0.25) is 10.0 Å². The normalized spacial score (nSPS) is 19.5. The minimum atomic E-state index is -3.63. The summed E-state index contributed by atoms with van der Waals surface area (Å²) in [6, 6.07) is 14.2. The smallest absolute Gasteiger partial charge is 0.253 e. The summed E-state index contributed by atoms with van der Waals surface area (Å²) in [7, 11) is -1.97. The standard InChI is InChI=1S/C24H31N3O5S/c1-31-21-8-4-19(5-9-21)18-26-12-14-27(15-13-26)24(28)20-6-10-23(11-7-20)33(29,30)25-17-22-3-2-16-32-22/h4-11,22,25H,2-3,12-18H2,1H3/t22-/m1/s1. The van der Waals surface area contributed by atoms with E-state index in [2.05, 4.69) is 21.8 Å². The summed E-state index contributed by atoms with van der Waals surface area (Å²) in [6.07, 6.45) is 1.76. The molecule has 0 aromatic heterocycles. The van der Waals surface area contributed by atoms with Gasteiger partial charge in [-0.25, -0.2) is 13.1 Å². The van der Waals surface area contributed by atoms with E-state index in [0.717, 1.165) is 38.2 Å². The van der Waals surface area contributed by atoms with Gasteiger partial charge in [-0.15, -0.1) is 0 Å². The van der Waals surface area contributed by atoms with Gasteiger partial charge >= 0.3 is 0 Å². The summed E-state index contributed by atoms with van der Waals surface area (Å²) in [5.41, 5.74) is 1.71. The van der Waals surface area contributed by atoms with E-state index >= 15 is 0 Å². The lowest BCUT2D eigenvalue weighted by molar-refractivity contribution is 0.0628. The van der Waals surface area contributed by atoms with E-state index in [1.807, 2.05) is 17.0 Å². The van der Waals surface area contributed by atoms with Gasteiger partial charge in [-0.3, -0.25) is 9.69 Å². The zero-order valence-corrected chi connectivity index (χ0v) is 19.7. The van der Waals surface area contributed by atoms with Crippen LogP contribution in [0.2, 0.25) is 0 Å². The number of nitrogens with one attached hydrogen (secondary N) is 1. The van der Waals surface area contributed by atoms with Crippen molar-refractivity contribution in [1.82, 2.24) is 14.5 Å². The van der Waals surface area contributed by atoms with Crippen LogP contribution in [0.15, 0.2) is 53.4 Å². The minimum Gasteiger partial charge on any atom is -0.497 e. The third-order valence-corrected chi connectivity index (χ3v) is 7.60. The molecule has 2 heterocycles. The van der Waals surface area contributed by atoms with Crippen LogP contribution < -0.4 is 9.46 Å². The van der Waals surface area contributed by atoms with Gasteiger partial charge in [-0.1, -0.05) is 12.1 Å². The minimum absolute atomic E-state index is 0.0657. The highest BCUT2D eigenvalue weighted by atomic mass is 32.2. The van der Waals surface area contributed by atoms with Crippen LogP contribution in [0.1, 0.15) is 28.8 Å². The Hall–Kier alpha value is -2.46. The van der Waals surface area contributed by atoms with Crippen molar-refractivity contribution in [2.24, 2.45) is 0 Å². The monoisotopic (exact) mass is 473 g/mol. The van der Waals surface area contributed by atoms with Crippen molar-refractivity contribution >= 4 is 15.9 Å². The summed E-state index contributed by atoms with van der Waals surface area (Å²) in [6.45, 7) is 4.63. The molecule has 1 atom stereocenters. The van der Waals surface area contributed by atoms with Crippen molar-refractivity contribution < 1.29 is 22.7 Å². The van der Waals surface area contributed by atoms with Crippen LogP contribution in [0.3, 0.4) is 0 Å². The number of sulfonamides is 1. The van der Waals surface area contributed by atoms with Crippen molar-refractivity contribution in [2.45, 2.75) is 30.4 Å². The highest BCUT2D eigenvalue weighted by Gasteiger charge is 2.24. The average Bonchev–Trinajstić information content (AvgIpc) is 3.37. The van der Waals surface area contributed by atoms with Crippen LogP contribution in [0.4, 0.5) is 0 Å². The number of hydrogen-bond donors (Lipinski definition) is 1. The molecular formula is C24H31N3O5S. The van der Waals surface area contributed by atoms with Crippen LogP contribution in [0, 0.1) is 0 Å². The first-order valence-electron chi connectivity index (χ1n) is 11.3. The number of ether oxygens (including phenoxy) is 2. The molecule has 178 valence electrons. The van der Waals surface area contributed by atoms with Gasteiger partial charge in [0.25, 0.3) is 5.91 Å². The largest absolute Gasteiger partial charge is 0.497 e. The molecule has 2 saturated heterocycles. The van der Waals surface area contributed by atoms with Crippen molar-refractivity contribution in [3.63, 3.8) is 0 Å². The second-order valence-corrected chi connectivity index (χ2v) is 10.2. The molecule has 0 bridgehead atoms. The molecule has 2 aromatic carbocycles. The van der Waals surface area contributed by atoms with Gasteiger partial charge in [-0.05, 0) is 54.8 Å². The van der Waals surface area contributed by atoms with Crippen molar-refractivity contribution in [3.05, 3.63) is 59.7 Å². The van der Waals surface area contributed by atoms with Gasteiger partial charge in [-0.2, -0.15) is 0 Å². The molecule has 0 saturated carbocycles. The third kappa shape index (κ3) is 6.11. The lowest BCUT2D eigenvalue weighted by Crippen LogP contribution is -2.48. The first-order valence-corrected chi connectivity index (χ1v) is 12.8. The predicted molar refractivity (Wildman–Crippen MR) is 125 cm³/mol. The van der Waals surface area contributed by atoms with Crippen LogP contribution in [-0.4, -0.2) is 76.7 Å². The Kier molecular flexibility index (Phi) is 7.64. The molecule has 1 amide bonds. The molecule has 8 nitrogen and oxygen atoms in total. The van der Waals surface area contributed by atoms with Gasteiger partial charge in [0.05, 0.1) is 18.1 Å². The van der Waals surface area contributed by atoms with E-state index in [1.54, 1.807) is 19.2 Å². The lowest BCUT2D eigenvalue weighted by Gasteiger charge is -2.34.